The summed E-state index contributed by atoms with van der Waals surface area (Å²) in [5, 5.41) is 5.72. The zero-order chi connectivity index (χ0) is 11.1. The van der Waals surface area contributed by atoms with Gasteiger partial charge in [-0.15, -0.1) is 0 Å². The Morgan fingerprint density at radius 2 is 2.00 bits per heavy atom. The van der Waals surface area contributed by atoms with Crippen LogP contribution >= 0.6 is 0 Å². The first-order valence-corrected chi connectivity index (χ1v) is 4.99. The molecule has 4 N–H and O–H groups in total. The summed E-state index contributed by atoms with van der Waals surface area (Å²) < 4.78 is 0. The number of hydrogen-bond donors (Lipinski definition) is 3. The standard InChI is InChI=1S/C11H17N3O/c1-9-2-4-10(5-3-9)14-11(15)8-13-7-6-12/h2-5,13H,6-8,12H2,1H3,(H,14,15). The first kappa shape index (κ1) is 11.7. The van der Waals surface area contributed by atoms with Gasteiger partial charge in [-0.05, 0) is 19.1 Å². The van der Waals surface area contributed by atoms with Gasteiger partial charge in [0, 0.05) is 18.8 Å². The van der Waals surface area contributed by atoms with E-state index in [2.05, 4.69) is 10.6 Å². The SMILES string of the molecule is Cc1ccc(NC(=O)CNCCN)cc1. The maximum Gasteiger partial charge on any atom is 0.238 e. The van der Waals surface area contributed by atoms with Crippen LogP contribution in [0, 0.1) is 6.92 Å². The number of anilines is 1. The van der Waals surface area contributed by atoms with E-state index in [1.165, 1.54) is 5.56 Å². The third kappa shape index (κ3) is 4.58. The van der Waals surface area contributed by atoms with Gasteiger partial charge in [0.15, 0.2) is 0 Å². The number of aryl methyl sites for hydroxylation is 1. The molecule has 4 nitrogen and oxygen atoms in total. The van der Waals surface area contributed by atoms with Crippen LogP contribution in [0.3, 0.4) is 0 Å². The largest absolute Gasteiger partial charge is 0.329 e. The topological polar surface area (TPSA) is 67.2 Å². The van der Waals surface area contributed by atoms with Gasteiger partial charge in [-0.25, -0.2) is 0 Å². The number of carbonyl (C=O) groups excluding carboxylic acids is 1. The van der Waals surface area contributed by atoms with Crippen LogP contribution < -0.4 is 16.4 Å². The minimum atomic E-state index is -0.0488. The molecule has 0 aromatic heterocycles. The van der Waals surface area contributed by atoms with Crippen LogP contribution in [0.25, 0.3) is 0 Å². The Labute approximate surface area is 89.9 Å². The average molecular weight is 207 g/mol. The minimum Gasteiger partial charge on any atom is -0.329 e. The van der Waals surface area contributed by atoms with Crippen LogP contribution in [0.5, 0.6) is 0 Å². The van der Waals surface area contributed by atoms with Gasteiger partial charge in [-0.3, -0.25) is 4.79 Å². The van der Waals surface area contributed by atoms with E-state index >= 15 is 0 Å². The van der Waals surface area contributed by atoms with Crippen molar-refractivity contribution in [2.75, 3.05) is 25.0 Å². The molecule has 82 valence electrons. The minimum absolute atomic E-state index is 0.0488. The molecule has 1 aromatic rings. The van der Waals surface area contributed by atoms with Crippen LogP contribution in [-0.4, -0.2) is 25.5 Å². The lowest BCUT2D eigenvalue weighted by atomic mass is 10.2. The highest BCUT2D eigenvalue weighted by Crippen LogP contribution is 2.07. The molecule has 1 amide bonds. The predicted molar refractivity (Wildman–Crippen MR) is 61.7 cm³/mol. The first-order chi connectivity index (χ1) is 7.22. The van der Waals surface area contributed by atoms with Crippen molar-refractivity contribution in [1.29, 1.82) is 0 Å². The Kier molecular flexibility index (Phi) is 4.80. The quantitative estimate of drug-likeness (QED) is 0.615. The molecular formula is C11H17N3O. The lowest BCUT2D eigenvalue weighted by molar-refractivity contribution is -0.115. The Morgan fingerprint density at radius 3 is 2.60 bits per heavy atom. The van der Waals surface area contributed by atoms with Crippen LogP contribution in [0.4, 0.5) is 5.69 Å². The van der Waals surface area contributed by atoms with Crippen LogP contribution in [-0.2, 0) is 4.79 Å². The molecule has 0 radical (unpaired) electrons. The molecule has 0 aliphatic heterocycles. The lowest BCUT2D eigenvalue weighted by Crippen LogP contribution is -2.31. The van der Waals surface area contributed by atoms with E-state index in [1.807, 2.05) is 31.2 Å². The second-order valence-electron chi connectivity index (χ2n) is 3.38. The van der Waals surface area contributed by atoms with Crippen molar-refractivity contribution in [1.82, 2.24) is 5.32 Å². The number of nitrogens with two attached hydrogens (primary N) is 1. The summed E-state index contributed by atoms with van der Waals surface area (Å²) >= 11 is 0. The Balaban J connectivity index is 2.34. The molecule has 0 heterocycles. The van der Waals surface area contributed by atoms with E-state index in [9.17, 15) is 4.79 Å². The predicted octanol–water partition coefficient (Wildman–Crippen LogP) is 0.482. The highest BCUT2D eigenvalue weighted by Gasteiger charge is 2.00. The van der Waals surface area contributed by atoms with Gasteiger partial charge in [0.25, 0.3) is 0 Å². The van der Waals surface area contributed by atoms with Gasteiger partial charge < -0.3 is 16.4 Å². The van der Waals surface area contributed by atoms with Crippen LogP contribution in [0.2, 0.25) is 0 Å². The summed E-state index contributed by atoms with van der Waals surface area (Å²) in [6.07, 6.45) is 0. The average Bonchev–Trinajstić information content (AvgIpc) is 2.22. The van der Waals surface area contributed by atoms with Gasteiger partial charge in [-0.1, -0.05) is 17.7 Å². The fraction of sp³-hybridized carbons (Fsp3) is 0.364. The van der Waals surface area contributed by atoms with E-state index in [-0.39, 0.29) is 5.91 Å². The maximum atomic E-state index is 11.4. The van der Waals surface area contributed by atoms with Gasteiger partial charge in [0.1, 0.15) is 0 Å². The second-order valence-corrected chi connectivity index (χ2v) is 3.38. The summed E-state index contributed by atoms with van der Waals surface area (Å²) in [5.74, 6) is -0.0488. The zero-order valence-corrected chi connectivity index (χ0v) is 8.92. The molecule has 1 rings (SSSR count). The third-order valence-electron chi connectivity index (χ3n) is 1.94. The van der Waals surface area contributed by atoms with Crippen molar-refractivity contribution in [2.45, 2.75) is 6.92 Å². The fourth-order valence-corrected chi connectivity index (χ4v) is 1.15. The fourth-order valence-electron chi connectivity index (χ4n) is 1.15. The monoisotopic (exact) mass is 207 g/mol. The first-order valence-electron chi connectivity index (χ1n) is 4.99. The molecule has 0 atom stereocenters. The van der Waals surface area contributed by atoms with Crippen LogP contribution in [0.1, 0.15) is 5.56 Å². The number of benzene rings is 1. The van der Waals surface area contributed by atoms with E-state index in [1.54, 1.807) is 0 Å². The normalized spacial score (nSPS) is 10.0. The summed E-state index contributed by atoms with van der Waals surface area (Å²) in [6, 6.07) is 7.69. The molecule has 0 spiro atoms. The summed E-state index contributed by atoms with van der Waals surface area (Å²) in [4.78, 5) is 11.4. The molecule has 0 saturated heterocycles. The van der Waals surface area contributed by atoms with Crippen molar-refractivity contribution in [3.63, 3.8) is 0 Å². The number of nitrogens with one attached hydrogen (secondary N) is 2. The van der Waals surface area contributed by atoms with Gasteiger partial charge in [0.05, 0.1) is 6.54 Å². The van der Waals surface area contributed by atoms with Gasteiger partial charge in [-0.2, -0.15) is 0 Å². The molecule has 0 saturated carbocycles. The molecule has 0 unspecified atom stereocenters. The maximum absolute atomic E-state index is 11.4. The molecule has 0 fully saturated rings. The number of hydrogen-bond acceptors (Lipinski definition) is 3. The number of amides is 1. The summed E-state index contributed by atoms with van der Waals surface area (Å²) in [6.45, 7) is 3.50. The zero-order valence-electron chi connectivity index (χ0n) is 8.92. The van der Waals surface area contributed by atoms with E-state index in [0.29, 0.717) is 19.6 Å². The summed E-state index contributed by atoms with van der Waals surface area (Å²) in [5.41, 5.74) is 7.28. The molecular weight excluding hydrogens is 190 g/mol. The van der Waals surface area contributed by atoms with Crippen molar-refractivity contribution in [3.05, 3.63) is 29.8 Å². The van der Waals surface area contributed by atoms with E-state index < -0.39 is 0 Å². The van der Waals surface area contributed by atoms with Crippen molar-refractivity contribution in [2.24, 2.45) is 5.73 Å². The second kappa shape index (κ2) is 6.16. The van der Waals surface area contributed by atoms with Crippen LogP contribution in [0.15, 0.2) is 24.3 Å². The molecule has 4 heteroatoms. The van der Waals surface area contributed by atoms with Gasteiger partial charge in [0.2, 0.25) is 5.91 Å². The lowest BCUT2D eigenvalue weighted by Gasteiger charge is -2.06. The Morgan fingerprint density at radius 1 is 1.33 bits per heavy atom. The Hall–Kier alpha value is -1.39. The smallest absolute Gasteiger partial charge is 0.238 e. The van der Waals surface area contributed by atoms with Crippen molar-refractivity contribution < 1.29 is 4.79 Å². The number of carbonyl (C=O) groups is 1. The van der Waals surface area contributed by atoms with E-state index in [4.69, 9.17) is 5.73 Å². The van der Waals surface area contributed by atoms with E-state index in [0.717, 1.165) is 5.69 Å². The van der Waals surface area contributed by atoms with Crippen molar-refractivity contribution >= 4 is 11.6 Å². The Bertz CT molecular complexity index is 308. The molecule has 0 aliphatic rings. The highest BCUT2D eigenvalue weighted by molar-refractivity contribution is 5.92. The third-order valence-corrected chi connectivity index (χ3v) is 1.94. The van der Waals surface area contributed by atoms with Crippen molar-refractivity contribution in [3.8, 4) is 0 Å². The molecule has 0 aliphatic carbocycles. The van der Waals surface area contributed by atoms with Gasteiger partial charge >= 0.3 is 0 Å². The molecule has 1 aromatic carbocycles. The highest BCUT2D eigenvalue weighted by atomic mass is 16.1. The molecule has 15 heavy (non-hydrogen) atoms. The molecule has 0 bridgehead atoms. The summed E-state index contributed by atoms with van der Waals surface area (Å²) in [7, 11) is 0. The number of rotatable bonds is 5.